The summed E-state index contributed by atoms with van der Waals surface area (Å²) in [6.45, 7) is 0. The third-order valence-corrected chi connectivity index (χ3v) is 8.35. The van der Waals surface area contributed by atoms with E-state index in [9.17, 15) is 19.5 Å². The second-order valence-electron chi connectivity index (χ2n) is 11.2. The summed E-state index contributed by atoms with van der Waals surface area (Å²) in [5.41, 5.74) is 1.21. The molecule has 1 saturated carbocycles. The zero-order valence-electron chi connectivity index (χ0n) is 25.1. The monoisotopic (exact) mass is 694 g/mol. The maximum absolute atomic E-state index is 12.7. The van der Waals surface area contributed by atoms with Crippen molar-refractivity contribution in [2.24, 2.45) is 0 Å². The lowest BCUT2D eigenvalue weighted by Gasteiger charge is -2.29. The quantitative estimate of drug-likeness (QED) is 0.122. The van der Waals surface area contributed by atoms with Crippen molar-refractivity contribution in [2.45, 2.75) is 37.8 Å². The van der Waals surface area contributed by atoms with Crippen molar-refractivity contribution >= 4 is 56.0 Å². The fourth-order valence-corrected chi connectivity index (χ4v) is 5.68. The molecule has 1 aliphatic carbocycles. The van der Waals surface area contributed by atoms with Crippen molar-refractivity contribution in [1.29, 1.82) is 0 Å². The third-order valence-electron chi connectivity index (χ3n) is 7.82. The van der Waals surface area contributed by atoms with Crippen LogP contribution in [0.4, 0.5) is 16.2 Å². The Labute approximate surface area is 279 Å². The fraction of sp³-hybridized carbons (Fsp3) is 0.167. The van der Waals surface area contributed by atoms with Gasteiger partial charge in [-0.25, -0.2) is 14.6 Å². The molecule has 0 aliphatic heterocycles. The van der Waals surface area contributed by atoms with E-state index >= 15 is 0 Å². The average molecular weight is 696 g/mol. The molecule has 5 aromatic rings. The highest BCUT2D eigenvalue weighted by molar-refractivity contribution is 9.10. The smallest absolute Gasteiger partial charge is 0.337 e. The molecule has 4 N–H and O–H groups in total. The van der Waals surface area contributed by atoms with Gasteiger partial charge in [0, 0.05) is 28.5 Å². The van der Waals surface area contributed by atoms with Crippen molar-refractivity contribution < 1.29 is 29.0 Å². The van der Waals surface area contributed by atoms with Crippen molar-refractivity contribution in [1.82, 2.24) is 10.3 Å². The number of aromatic carboxylic acids is 1. The van der Waals surface area contributed by atoms with Crippen molar-refractivity contribution in [3.63, 3.8) is 0 Å². The van der Waals surface area contributed by atoms with Crippen LogP contribution in [0.1, 0.15) is 46.4 Å². The number of carbonyl (C=O) groups excluding carboxylic acids is 2. The first-order chi connectivity index (χ1) is 22.8. The minimum Gasteiger partial charge on any atom is -0.490 e. The zero-order valence-corrected chi connectivity index (χ0v) is 26.7. The van der Waals surface area contributed by atoms with Crippen molar-refractivity contribution in [3.05, 3.63) is 119 Å². The Hall–Kier alpha value is -5.42. The Morgan fingerprint density at radius 1 is 0.787 bits per heavy atom. The number of benzene rings is 4. The van der Waals surface area contributed by atoms with E-state index in [1.165, 1.54) is 18.3 Å². The van der Waals surface area contributed by atoms with Crippen LogP contribution in [0.5, 0.6) is 17.4 Å². The number of rotatable bonds is 9. The van der Waals surface area contributed by atoms with Gasteiger partial charge in [-0.3, -0.25) is 4.79 Å². The van der Waals surface area contributed by atoms with Crippen LogP contribution < -0.4 is 25.4 Å². The maximum Gasteiger partial charge on any atom is 0.337 e. The second-order valence-corrected chi connectivity index (χ2v) is 12.1. The van der Waals surface area contributed by atoms with Crippen molar-refractivity contribution in [3.8, 4) is 17.4 Å². The number of nitrogens with zero attached hydrogens (tertiary/aromatic N) is 1. The molecule has 238 valence electrons. The largest absolute Gasteiger partial charge is 0.490 e. The van der Waals surface area contributed by atoms with Crippen LogP contribution in [0.25, 0.3) is 10.8 Å². The molecule has 10 nitrogen and oxygen atoms in total. The van der Waals surface area contributed by atoms with E-state index in [0.717, 1.165) is 52.4 Å². The van der Waals surface area contributed by atoms with E-state index in [4.69, 9.17) is 9.47 Å². The van der Waals surface area contributed by atoms with Gasteiger partial charge in [-0.15, -0.1) is 0 Å². The van der Waals surface area contributed by atoms with Crippen molar-refractivity contribution in [2.75, 3.05) is 10.6 Å². The molecule has 0 saturated heterocycles. The van der Waals surface area contributed by atoms with E-state index in [-0.39, 0.29) is 35.0 Å². The van der Waals surface area contributed by atoms with Gasteiger partial charge in [-0.2, -0.15) is 0 Å². The number of carbonyl (C=O) groups is 3. The molecule has 4 aromatic carbocycles. The molecule has 1 fully saturated rings. The normalized spacial score (nSPS) is 15.8. The van der Waals surface area contributed by atoms with Crippen LogP contribution in [0, 0.1) is 0 Å². The molecule has 0 unspecified atom stereocenters. The van der Waals surface area contributed by atoms with Gasteiger partial charge in [0.05, 0.1) is 22.9 Å². The first-order valence-electron chi connectivity index (χ1n) is 15.1. The average Bonchev–Trinajstić information content (AvgIpc) is 3.07. The number of pyridine rings is 1. The number of nitrogens with one attached hydrogen (secondary N) is 3. The van der Waals surface area contributed by atoms with Crippen LogP contribution in [-0.2, 0) is 0 Å². The van der Waals surface area contributed by atoms with Gasteiger partial charge in [0.25, 0.3) is 5.91 Å². The molecule has 11 heteroatoms. The van der Waals surface area contributed by atoms with Crippen LogP contribution in [0.15, 0.2) is 108 Å². The number of urea groups is 1. The standard InChI is InChI=1S/C36H31BrN4O6/c37-25-8-10-26(11-9-25)39-36(45)40-27-12-16-28(17-13-27)46-29-14-5-23-20-30(15-6-22(23)19-29)47-33-18-7-24(21-38-33)34(42)41-32-4-2-1-3-31(32)35(43)44/h1-11,14-15,18-21,27-28H,12-13,16-17H2,(H,41,42)(H,43,44)(H2,39,40,45). The highest BCUT2D eigenvalue weighted by atomic mass is 79.9. The molecule has 0 spiro atoms. The summed E-state index contributed by atoms with van der Waals surface area (Å²) < 4.78 is 13.2. The van der Waals surface area contributed by atoms with E-state index in [1.54, 1.807) is 24.3 Å². The number of fused-ring (bicyclic) bond motifs is 1. The Balaban J connectivity index is 0.994. The van der Waals surface area contributed by atoms with Gasteiger partial charge in [0.15, 0.2) is 0 Å². The lowest BCUT2D eigenvalue weighted by molar-refractivity contribution is 0.0698. The highest BCUT2D eigenvalue weighted by Gasteiger charge is 2.24. The first-order valence-corrected chi connectivity index (χ1v) is 15.9. The van der Waals surface area contributed by atoms with Gasteiger partial charge in [-0.05, 0) is 103 Å². The summed E-state index contributed by atoms with van der Waals surface area (Å²) in [5.74, 6) is 0.0712. The third kappa shape index (κ3) is 8.25. The molecule has 0 atom stereocenters. The molecule has 6 rings (SSSR count). The van der Waals surface area contributed by atoms with E-state index in [2.05, 4.69) is 36.9 Å². The number of hydrogen-bond acceptors (Lipinski definition) is 6. The number of aromatic nitrogens is 1. The van der Waals surface area contributed by atoms with Gasteiger partial charge < -0.3 is 30.5 Å². The predicted octanol–water partition coefficient (Wildman–Crippen LogP) is 8.25. The Bertz CT molecular complexity index is 1910. The first kappa shape index (κ1) is 31.6. The molecule has 1 aliphatic rings. The topological polar surface area (TPSA) is 139 Å². The van der Waals surface area contributed by atoms with Gasteiger partial charge in [-0.1, -0.05) is 40.2 Å². The molecule has 3 amide bonds. The second kappa shape index (κ2) is 14.3. The number of para-hydroxylation sites is 1. The number of hydrogen-bond donors (Lipinski definition) is 4. The van der Waals surface area contributed by atoms with E-state index in [0.29, 0.717) is 11.6 Å². The Kier molecular flexibility index (Phi) is 9.63. The summed E-state index contributed by atoms with van der Waals surface area (Å²) >= 11 is 3.39. The lowest BCUT2D eigenvalue weighted by Crippen LogP contribution is -2.41. The molecule has 47 heavy (non-hydrogen) atoms. The van der Waals surface area contributed by atoms with Crippen LogP contribution in [0.3, 0.4) is 0 Å². The number of halogens is 1. The van der Waals surface area contributed by atoms with Crippen LogP contribution >= 0.6 is 15.9 Å². The molecule has 1 aromatic heterocycles. The van der Waals surface area contributed by atoms with Gasteiger partial charge >= 0.3 is 12.0 Å². The number of anilines is 2. The molecule has 0 bridgehead atoms. The van der Waals surface area contributed by atoms with Crippen LogP contribution in [-0.4, -0.2) is 40.1 Å². The number of amides is 3. The minimum atomic E-state index is -1.13. The summed E-state index contributed by atoms with van der Waals surface area (Å²) in [4.78, 5) is 40.7. The predicted molar refractivity (Wildman–Crippen MR) is 183 cm³/mol. The Morgan fingerprint density at radius 3 is 2.19 bits per heavy atom. The summed E-state index contributed by atoms with van der Waals surface area (Å²) in [7, 11) is 0. The van der Waals surface area contributed by atoms with Crippen LogP contribution in [0.2, 0.25) is 0 Å². The molecule has 1 heterocycles. The molecular formula is C36H31BrN4O6. The zero-order chi connectivity index (χ0) is 32.8. The minimum absolute atomic E-state index is 0.000142. The van der Waals surface area contributed by atoms with Gasteiger partial charge in [0.1, 0.15) is 11.5 Å². The summed E-state index contributed by atoms with van der Waals surface area (Å²) in [6, 6.07) is 28.3. The number of carboxylic acid groups (broad SMARTS) is 1. The molecule has 0 radical (unpaired) electrons. The van der Waals surface area contributed by atoms with Gasteiger partial charge in [0.2, 0.25) is 5.88 Å². The summed E-state index contributed by atoms with van der Waals surface area (Å²) in [5, 5.41) is 19.9. The summed E-state index contributed by atoms with van der Waals surface area (Å²) in [6.07, 6.45) is 4.82. The fourth-order valence-electron chi connectivity index (χ4n) is 5.41. The lowest BCUT2D eigenvalue weighted by atomic mass is 9.93. The number of ether oxygens (including phenoxy) is 2. The Morgan fingerprint density at radius 2 is 1.49 bits per heavy atom. The molecular weight excluding hydrogens is 664 g/mol. The number of carboxylic acids is 1. The maximum atomic E-state index is 12.7. The highest BCUT2D eigenvalue weighted by Crippen LogP contribution is 2.30. The SMILES string of the molecule is O=C(Nc1ccc(Br)cc1)NC1CCC(Oc2ccc3cc(Oc4ccc(C(=O)Nc5ccccc5C(=O)O)cn4)ccc3c2)CC1. The van der Waals surface area contributed by atoms with E-state index < -0.39 is 11.9 Å². The van der Waals surface area contributed by atoms with E-state index in [1.807, 2.05) is 60.7 Å².